The van der Waals surface area contributed by atoms with Crippen LogP contribution < -0.4 is 29.6 Å². The van der Waals surface area contributed by atoms with E-state index >= 15 is 0 Å². The van der Waals surface area contributed by atoms with E-state index in [0.29, 0.717) is 5.75 Å². The number of phenolic OH excluding ortho intramolecular Hbond substituents is 1. The normalized spacial score (nSPS) is 10.0. The van der Waals surface area contributed by atoms with Crippen molar-refractivity contribution in [3.63, 3.8) is 0 Å². The molecule has 0 saturated heterocycles. The fourth-order valence-electron chi connectivity index (χ4n) is 1.39. The zero-order chi connectivity index (χ0) is 10.5. The molecule has 0 heterocycles. The smallest absolute Gasteiger partial charge is 1.00 e. The van der Waals surface area contributed by atoms with Crippen LogP contribution in [0, 0.1) is 0 Å². The number of hydrogen-bond donors (Lipinski definition) is 1. The summed E-state index contributed by atoms with van der Waals surface area (Å²) in [5, 5.41) is 9.28. The van der Waals surface area contributed by atoms with Gasteiger partial charge in [0.1, 0.15) is 5.75 Å². The SMILES string of the molecule is Oc1cccc(/C=C/c2ccccc2)c1.[H-].[Na+]. The van der Waals surface area contributed by atoms with Gasteiger partial charge in [-0.3, -0.25) is 0 Å². The number of rotatable bonds is 2. The fraction of sp³-hybridized carbons (Fsp3) is 0. The monoisotopic (exact) mass is 220 g/mol. The van der Waals surface area contributed by atoms with Crippen molar-refractivity contribution in [2.75, 3.05) is 0 Å². The molecule has 0 unspecified atom stereocenters. The van der Waals surface area contributed by atoms with Gasteiger partial charge in [0.2, 0.25) is 0 Å². The summed E-state index contributed by atoms with van der Waals surface area (Å²) < 4.78 is 0. The molecule has 0 atom stereocenters. The molecule has 76 valence electrons. The van der Waals surface area contributed by atoms with Crippen LogP contribution in [0.4, 0.5) is 0 Å². The molecule has 0 saturated carbocycles. The maximum atomic E-state index is 9.28. The molecule has 0 amide bonds. The Bertz CT molecular complexity index is 469. The maximum absolute atomic E-state index is 9.28. The summed E-state index contributed by atoms with van der Waals surface area (Å²) in [6.45, 7) is 0. The van der Waals surface area contributed by atoms with Crippen molar-refractivity contribution >= 4 is 12.2 Å². The predicted octanol–water partition coefficient (Wildman–Crippen LogP) is 0.679. The summed E-state index contributed by atoms with van der Waals surface area (Å²) in [5.74, 6) is 0.296. The van der Waals surface area contributed by atoms with Crippen molar-refractivity contribution in [2.24, 2.45) is 0 Å². The Labute approximate surface area is 119 Å². The first-order valence-electron chi connectivity index (χ1n) is 4.87. The first-order valence-corrected chi connectivity index (χ1v) is 4.87. The Kier molecular flexibility index (Phi) is 5.33. The second-order valence-corrected chi connectivity index (χ2v) is 3.34. The molecular formula is C14H13NaO. The van der Waals surface area contributed by atoms with Crippen LogP contribution in [0.2, 0.25) is 0 Å². The van der Waals surface area contributed by atoms with E-state index in [1.54, 1.807) is 12.1 Å². The Morgan fingerprint density at radius 1 is 0.812 bits per heavy atom. The average molecular weight is 220 g/mol. The van der Waals surface area contributed by atoms with E-state index in [1.807, 2.05) is 54.6 Å². The van der Waals surface area contributed by atoms with Gasteiger partial charge in [0.05, 0.1) is 0 Å². The Morgan fingerprint density at radius 3 is 2.12 bits per heavy atom. The molecule has 0 aliphatic heterocycles. The van der Waals surface area contributed by atoms with Gasteiger partial charge in [-0.15, -0.1) is 0 Å². The predicted molar refractivity (Wildman–Crippen MR) is 64.6 cm³/mol. The van der Waals surface area contributed by atoms with Crippen molar-refractivity contribution in [1.29, 1.82) is 0 Å². The van der Waals surface area contributed by atoms with E-state index < -0.39 is 0 Å². The van der Waals surface area contributed by atoms with Crippen molar-refractivity contribution in [3.8, 4) is 5.75 Å². The number of hydrogen-bond acceptors (Lipinski definition) is 1. The Balaban J connectivity index is 0.00000128. The van der Waals surface area contributed by atoms with Crippen molar-refractivity contribution < 1.29 is 36.1 Å². The molecule has 0 fully saturated rings. The third-order valence-corrected chi connectivity index (χ3v) is 2.14. The molecule has 1 N–H and O–H groups in total. The fourth-order valence-corrected chi connectivity index (χ4v) is 1.39. The molecule has 0 radical (unpaired) electrons. The van der Waals surface area contributed by atoms with Gasteiger partial charge in [-0.2, -0.15) is 0 Å². The van der Waals surface area contributed by atoms with Crippen molar-refractivity contribution in [2.45, 2.75) is 0 Å². The first kappa shape index (κ1) is 13.0. The average Bonchev–Trinajstić information content (AvgIpc) is 2.28. The zero-order valence-corrected chi connectivity index (χ0v) is 11.3. The molecule has 0 aromatic heterocycles. The topological polar surface area (TPSA) is 20.2 Å². The van der Waals surface area contributed by atoms with E-state index in [1.165, 1.54) is 0 Å². The van der Waals surface area contributed by atoms with Gasteiger partial charge in [0, 0.05) is 0 Å². The molecule has 2 rings (SSSR count). The minimum absolute atomic E-state index is 0. The molecule has 2 aromatic rings. The molecular weight excluding hydrogens is 207 g/mol. The van der Waals surface area contributed by atoms with Crippen LogP contribution >= 0.6 is 0 Å². The second kappa shape index (κ2) is 6.54. The third kappa shape index (κ3) is 3.86. The van der Waals surface area contributed by atoms with E-state index in [9.17, 15) is 5.11 Å². The van der Waals surface area contributed by atoms with Gasteiger partial charge in [-0.25, -0.2) is 0 Å². The number of phenols is 1. The van der Waals surface area contributed by atoms with Gasteiger partial charge in [-0.1, -0.05) is 54.6 Å². The number of aromatic hydroxyl groups is 1. The van der Waals surface area contributed by atoms with Crippen molar-refractivity contribution in [1.82, 2.24) is 0 Å². The maximum Gasteiger partial charge on any atom is 1.00 e. The summed E-state index contributed by atoms with van der Waals surface area (Å²) in [5.41, 5.74) is 2.15. The Morgan fingerprint density at radius 2 is 1.44 bits per heavy atom. The molecule has 2 aromatic carbocycles. The van der Waals surface area contributed by atoms with Crippen LogP contribution in [-0.2, 0) is 0 Å². The van der Waals surface area contributed by atoms with Crippen LogP contribution in [-0.4, -0.2) is 5.11 Å². The molecule has 0 spiro atoms. The van der Waals surface area contributed by atoms with Gasteiger partial charge in [0.15, 0.2) is 0 Å². The van der Waals surface area contributed by atoms with Crippen LogP contribution in [0.5, 0.6) is 5.75 Å². The molecule has 0 aliphatic rings. The van der Waals surface area contributed by atoms with E-state index in [4.69, 9.17) is 0 Å². The quantitative estimate of drug-likeness (QED) is 0.583. The standard InChI is InChI=1S/C14H12O.Na.H/c15-14-8-4-7-13(11-14)10-9-12-5-2-1-3-6-12;;/h1-11,15H;;/q;+1;-1/b10-9+;;. The minimum atomic E-state index is 0. The van der Waals surface area contributed by atoms with Gasteiger partial charge >= 0.3 is 29.6 Å². The van der Waals surface area contributed by atoms with Crippen LogP contribution in [0.15, 0.2) is 54.6 Å². The van der Waals surface area contributed by atoms with E-state index in [0.717, 1.165) is 11.1 Å². The van der Waals surface area contributed by atoms with Gasteiger partial charge < -0.3 is 6.53 Å². The third-order valence-electron chi connectivity index (χ3n) is 2.14. The first-order chi connectivity index (χ1) is 7.34. The summed E-state index contributed by atoms with van der Waals surface area (Å²) in [6, 6.07) is 17.3. The second-order valence-electron chi connectivity index (χ2n) is 3.34. The summed E-state index contributed by atoms with van der Waals surface area (Å²) in [4.78, 5) is 0. The molecule has 2 heteroatoms. The van der Waals surface area contributed by atoms with Crippen LogP contribution in [0.3, 0.4) is 0 Å². The van der Waals surface area contributed by atoms with Crippen molar-refractivity contribution in [3.05, 3.63) is 65.7 Å². The van der Waals surface area contributed by atoms with E-state index in [-0.39, 0.29) is 31.0 Å². The van der Waals surface area contributed by atoms with Gasteiger partial charge in [0.25, 0.3) is 0 Å². The van der Waals surface area contributed by atoms with Crippen LogP contribution in [0.1, 0.15) is 12.6 Å². The molecule has 1 nitrogen and oxygen atoms in total. The molecule has 0 bridgehead atoms. The van der Waals surface area contributed by atoms with Gasteiger partial charge in [-0.05, 0) is 23.3 Å². The minimum Gasteiger partial charge on any atom is -1.00 e. The largest absolute Gasteiger partial charge is 1.00 e. The number of benzene rings is 2. The van der Waals surface area contributed by atoms with E-state index in [2.05, 4.69) is 0 Å². The Hall–Kier alpha value is -1.02. The summed E-state index contributed by atoms with van der Waals surface area (Å²) in [6.07, 6.45) is 4.00. The molecule has 16 heavy (non-hydrogen) atoms. The molecule has 0 aliphatic carbocycles. The zero-order valence-electron chi connectivity index (χ0n) is 10.3. The van der Waals surface area contributed by atoms with Crippen LogP contribution in [0.25, 0.3) is 12.2 Å². The summed E-state index contributed by atoms with van der Waals surface area (Å²) >= 11 is 0. The summed E-state index contributed by atoms with van der Waals surface area (Å²) in [7, 11) is 0.